The Balaban J connectivity index is 2.52. The number of hydrogen-bond acceptors (Lipinski definition) is 5. The molecule has 76 valence electrons. The number of nitrogens with two attached hydrogens (primary N) is 2. The molecule has 0 atom stereocenters. The summed E-state index contributed by atoms with van der Waals surface area (Å²) in [6.45, 7) is 0. The predicted octanol–water partition coefficient (Wildman–Crippen LogP) is -0.336. The number of aromatic nitrogens is 4. The summed E-state index contributed by atoms with van der Waals surface area (Å²) in [7, 11) is 0. The third kappa shape index (κ3) is 1.50. The van der Waals surface area contributed by atoms with Crippen LogP contribution in [-0.2, 0) is 0 Å². The van der Waals surface area contributed by atoms with E-state index >= 15 is 0 Å². The zero-order chi connectivity index (χ0) is 10.8. The van der Waals surface area contributed by atoms with E-state index < -0.39 is 0 Å². The molecular weight excluding hydrogens is 194 g/mol. The molecule has 0 bridgehead atoms. The quantitative estimate of drug-likeness (QED) is 0.432. The molecule has 0 amide bonds. The van der Waals surface area contributed by atoms with Gasteiger partial charge in [-0.3, -0.25) is 15.4 Å². The van der Waals surface area contributed by atoms with E-state index in [2.05, 4.69) is 15.1 Å². The molecule has 15 heavy (non-hydrogen) atoms. The maximum Gasteiger partial charge on any atom is 0.215 e. The van der Waals surface area contributed by atoms with Crippen LogP contribution in [0.3, 0.4) is 0 Å². The van der Waals surface area contributed by atoms with E-state index in [4.69, 9.17) is 16.9 Å². The molecule has 0 aliphatic carbocycles. The highest BCUT2D eigenvalue weighted by Gasteiger charge is 2.11. The first-order valence-electron chi connectivity index (χ1n) is 4.14. The largest absolute Gasteiger partial charge is 0.383 e. The van der Waals surface area contributed by atoms with E-state index in [-0.39, 0.29) is 11.8 Å². The summed E-state index contributed by atoms with van der Waals surface area (Å²) in [5.41, 5.74) is 12.2. The Morgan fingerprint density at radius 1 is 1.33 bits per heavy atom. The van der Waals surface area contributed by atoms with Crippen molar-refractivity contribution in [2.45, 2.75) is 0 Å². The number of nitrogens with one attached hydrogen (secondary N) is 1. The fourth-order valence-corrected chi connectivity index (χ4v) is 1.19. The van der Waals surface area contributed by atoms with Crippen molar-refractivity contribution in [3.63, 3.8) is 0 Å². The number of nitrogen functional groups attached to an aromatic ring is 2. The van der Waals surface area contributed by atoms with Crippen molar-refractivity contribution in [3.05, 3.63) is 24.8 Å². The minimum Gasteiger partial charge on any atom is -0.383 e. The van der Waals surface area contributed by atoms with E-state index in [1.165, 1.54) is 6.20 Å². The lowest BCUT2D eigenvalue weighted by Crippen LogP contribution is -2.23. The first-order chi connectivity index (χ1) is 7.20. The van der Waals surface area contributed by atoms with Crippen molar-refractivity contribution < 1.29 is 0 Å². The summed E-state index contributed by atoms with van der Waals surface area (Å²) < 4.78 is 1.13. The highest BCUT2D eigenvalue weighted by Crippen LogP contribution is 2.21. The highest BCUT2D eigenvalue weighted by atomic mass is 15.4. The van der Waals surface area contributed by atoms with Gasteiger partial charge in [-0.15, -0.1) is 0 Å². The van der Waals surface area contributed by atoms with Gasteiger partial charge in [0.05, 0.1) is 23.7 Å². The molecule has 5 N–H and O–H groups in total. The summed E-state index contributed by atoms with van der Waals surface area (Å²) >= 11 is 0. The van der Waals surface area contributed by atoms with Crippen molar-refractivity contribution in [2.75, 3.05) is 5.73 Å². The second kappa shape index (κ2) is 3.37. The molecule has 2 rings (SSSR count). The lowest BCUT2D eigenvalue weighted by atomic mass is 10.2. The van der Waals surface area contributed by atoms with Crippen molar-refractivity contribution in [3.8, 4) is 11.3 Å². The Hall–Kier alpha value is -2.44. The zero-order valence-electron chi connectivity index (χ0n) is 7.75. The lowest BCUT2D eigenvalue weighted by Gasteiger charge is -2.01. The fraction of sp³-hybridized carbons (Fsp3) is 0. The van der Waals surface area contributed by atoms with Crippen LogP contribution in [0.2, 0.25) is 0 Å². The molecule has 2 aromatic heterocycles. The molecule has 0 spiro atoms. The van der Waals surface area contributed by atoms with Crippen LogP contribution in [0.4, 0.5) is 5.82 Å². The molecule has 0 unspecified atom stereocenters. The molecule has 2 heterocycles. The average molecular weight is 203 g/mol. The van der Waals surface area contributed by atoms with Gasteiger partial charge in [0.2, 0.25) is 5.96 Å². The van der Waals surface area contributed by atoms with Crippen LogP contribution in [0.25, 0.3) is 11.3 Å². The van der Waals surface area contributed by atoms with Crippen LogP contribution in [0.1, 0.15) is 0 Å². The van der Waals surface area contributed by atoms with Gasteiger partial charge in [-0.05, 0) is 0 Å². The molecule has 0 fully saturated rings. The minimum atomic E-state index is -0.234. The maximum absolute atomic E-state index is 7.21. The van der Waals surface area contributed by atoms with Crippen LogP contribution >= 0.6 is 0 Å². The van der Waals surface area contributed by atoms with Crippen LogP contribution in [0.5, 0.6) is 0 Å². The normalized spacial score (nSPS) is 10.1. The van der Waals surface area contributed by atoms with Gasteiger partial charge >= 0.3 is 0 Å². The second-order valence-corrected chi connectivity index (χ2v) is 2.83. The summed E-state index contributed by atoms with van der Waals surface area (Å²) in [6, 6.07) is 0. The fourth-order valence-electron chi connectivity index (χ4n) is 1.19. The highest BCUT2D eigenvalue weighted by molar-refractivity contribution is 5.84. The van der Waals surface area contributed by atoms with Crippen molar-refractivity contribution >= 4 is 11.8 Å². The Morgan fingerprint density at radius 3 is 2.67 bits per heavy atom. The average Bonchev–Trinajstić information content (AvgIpc) is 2.61. The van der Waals surface area contributed by atoms with E-state index in [9.17, 15) is 0 Å². The summed E-state index contributed by atoms with van der Waals surface area (Å²) in [6.07, 6.45) is 6.19. The topological polar surface area (TPSA) is 119 Å². The standard InChI is InChI=1S/C8H9N7/c9-7-5(3-14-15(7)8(10)11)6-4-12-1-2-13-6/h1-4H,9H2,(H3,10,11). The van der Waals surface area contributed by atoms with Crippen LogP contribution in [-0.4, -0.2) is 25.7 Å². The van der Waals surface area contributed by atoms with Crippen LogP contribution < -0.4 is 11.5 Å². The molecule has 7 nitrogen and oxygen atoms in total. The first kappa shape index (κ1) is 9.13. The monoisotopic (exact) mass is 203 g/mol. The van der Waals surface area contributed by atoms with Gasteiger partial charge in [0.1, 0.15) is 5.82 Å². The van der Waals surface area contributed by atoms with Gasteiger partial charge in [0.15, 0.2) is 0 Å². The number of anilines is 1. The Morgan fingerprint density at radius 2 is 2.13 bits per heavy atom. The third-order valence-corrected chi connectivity index (χ3v) is 1.87. The Labute approximate surface area is 85.3 Å². The smallest absolute Gasteiger partial charge is 0.215 e. The van der Waals surface area contributed by atoms with E-state index in [1.807, 2.05) is 0 Å². The molecular formula is C8H9N7. The van der Waals surface area contributed by atoms with Crippen molar-refractivity contribution in [1.82, 2.24) is 19.7 Å². The number of rotatable bonds is 1. The van der Waals surface area contributed by atoms with Gasteiger partial charge in [0, 0.05) is 12.4 Å². The first-order valence-corrected chi connectivity index (χ1v) is 4.14. The zero-order valence-corrected chi connectivity index (χ0v) is 7.75. The molecule has 0 aliphatic rings. The minimum absolute atomic E-state index is 0.234. The SMILES string of the molecule is N=C(N)n1ncc(-c2cnccn2)c1N. The molecule has 0 aliphatic heterocycles. The Bertz CT molecular complexity index is 487. The van der Waals surface area contributed by atoms with Gasteiger partial charge in [-0.1, -0.05) is 0 Å². The lowest BCUT2D eigenvalue weighted by molar-refractivity contribution is 0.922. The molecule has 0 saturated carbocycles. The molecule has 0 aromatic carbocycles. The molecule has 0 radical (unpaired) electrons. The number of hydrogen-bond donors (Lipinski definition) is 3. The van der Waals surface area contributed by atoms with E-state index in [1.54, 1.807) is 18.6 Å². The summed E-state index contributed by atoms with van der Waals surface area (Å²) in [5.74, 6) is 0.0469. The van der Waals surface area contributed by atoms with E-state index in [0.717, 1.165) is 4.68 Å². The molecule has 7 heteroatoms. The third-order valence-electron chi connectivity index (χ3n) is 1.87. The summed E-state index contributed by atoms with van der Waals surface area (Å²) in [4.78, 5) is 7.99. The summed E-state index contributed by atoms with van der Waals surface area (Å²) in [5, 5.41) is 11.1. The number of nitrogens with zero attached hydrogens (tertiary/aromatic N) is 4. The van der Waals surface area contributed by atoms with Gasteiger partial charge in [-0.2, -0.15) is 9.78 Å². The molecule has 2 aromatic rings. The second-order valence-electron chi connectivity index (χ2n) is 2.83. The van der Waals surface area contributed by atoms with Crippen molar-refractivity contribution in [1.29, 1.82) is 5.41 Å². The maximum atomic E-state index is 7.21. The Kier molecular flexibility index (Phi) is 2.05. The molecule has 0 saturated heterocycles. The van der Waals surface area contributed by atoms with Crippen molar-refractivity contribution in [2.24, 2.45) is 5.73 Å². The van der Waals surface area contributed by atoms with Gasteiger partial charge in [0.25, 0.3) is 0 Å². The predicted molar refractivity (Wildman–Crippen MR) is 55.0 cm³/mol. The van der Waals surface area contributed by atoms with Crippen LogP contribution in [0.15, 0.2) is 24.8 Å². The van der Waals surface area contributed by atoms with Crippen LogP contribution in [0, 0.1) is 5.41 Å². The van der Waals surface area contributed by atoms with E-state index in [0.29, 0.717) is 11.3 Å². The van der Waals surface area contributed by atoms with Gasteiger partial charge < -0.3 is 11.5 Å². The van der Waals surface area contributed by atoms with Gasteiger partial charge in [-0.25, -0.2) is 0 Å².